The van der Waals surface area contributed by atoms with Gasteiger partial charge in [-0.2, -0.15) is 0 Å². The highest BCUT2D eigenvalue weighted by Crippen LogP contribution is 2.67. The molecule has 0 N–H and O–H groups in total. The fourth-order valence-corrected chi connectivity index (χ4v) is 15.6. The first-order valence-corrected chi connectivity index (χ1v) is 22.8. The summed E-state index contributed by atoms with van der Waals surface area (Å²) in [6.07, 6.45) is 17.7. The third-order valence-electron chi connectivity index (χ3n) is 18.0. The van der Waals surface area contributed by atoms with Gasteiger partial charge in [0.05, 0.1) is 22.0 Å². The third-order valence-corrected chi connectivity index (χ3v) is 18.0. The zero-order chi connectivity index (χ0) is 37.7. The number of hydrogen-bond donors (Lipinski definition) is 0. The highest BCUT2D eigenvalue weighted by molar-refractivity contribution is 6.30. The van der Waals surface area contributed by atoms with Crippen molar-refractivity contribution in [2.45, 2.75) is 112 Å². The molecule has 2 aromatic heterocycles. The summed E-state index contributed by atoms with van der Waals surface area (Å²) in [6.45, 7) is 0. The van der Waals surface area contributed by atoms with Gasteiger partial charge < -0.3 is 4.40 Å². The summed E-state index contributed by atoms with van der Waals surface area (Å²) < 4.78 is 2.68. The van der Waals surface area contributed by atoms with Crippen molar-refractivity contribution >= 4 is 43.9 Å². The molecule has 8 aliphatic rings. The molecule has 3 saturated carbocycles. The van der Waals surface area contributed by atoms with Gasteiger partial charge in [0.1, 0.15) is 0 Å². The smallest absolute Gasteiger partial charge is 0.166 e. The van der Waals surface area contributed by atoms with E-state index in [2.05, 4.69) is 108 Å². The molecule has 2 bridgehead atoms. The lowest BCUT2D eigenvalue weighted by atomic mass is 9.58. The van der Waals surface area contributed by atoms with E-state index in [-0.39, 0.29) is 11.3 Å². The van der Waals surface area contributed by atoms with E-state index < -0.39 is 5.41 Å². The molecule has 0 atom stereocenters. The number of aromatic nitrogens is 1. The molecule has 3 spiro atoms. The molecule has 0 radical (unpaired) electrons. The summed E-state index contributed by atoms with van der Waals surface area (Å²) in [7, 11) is 0. The van der Waals surface area contributed by atoms with Crippen LogP contribution < -0.4 is 0 Å². The quantitative estimate of drug-likeness (QED) is 0.151. The Morgan fingerprint density at radius 1 is 0.483 bits per heavy atom. The fourth-order valence-electron chi connectivity index (χ4n) is 15.6. The number of hydrogen-bond acceptors (Lipinski definition) is 1. The molecule has 58 heavy (non-hydrogen) atoms. The van der Waals surface area contributed by atoms with Crippen LogP contribution in [0.1, 0.15) is 145 Å². The average molecular weight is 750 g/mol. The molecule has 282 valence electrons. The number of benzene rings is 6. The van der Waals surface area contributed by atoms with Gasteiger partial charge in [0.15, 0.2) is 5.78 Å². The molecule has 0 aliphatic heterocycles. The Morgan fingerprint density at radius 3 is 1.79 bits per heavy atom. The molecule has 16 rings (SSSR count). The predicted octanol–water partition coefficient (Wildman–Crippen LogP) is 14.1. The predicted molar refractivity (Wildman–Crippen MR) is 236 cm³/mol. The monoisotopic (exact) mass is 749 g/mol. The van der Waals surface area contributed by atoms with Gasteiger partial charge in [0.2, 0.25) is 0 Å². The molecule has 8 aliphatic carbocycles. The molecule has 0 saturated heterocycles. The first-order valence-electron chi connectivity index (χ1n) is 22.8. The Bertz CT molecular complexity index is 3130. The molecule has 0 unspecified atom stereocenters. The highest BCUT2D eigenvalue weighted by atomic mass is 16.1. The van der Waals surface area contributed by atoms with Crippen molar-refractivity contribution < 1.29 is 4.79 Å². The Kier molecular flexibility index (Phi) is 5.75. The molecule has 8 aromatic rings. The average Bonchev–Trinajstić information content (AvgIpc) is 4.12. The summed E-state index contributed by atoms with van der Waals surface area (Å²) in [5.74, 6) is 1.05. The van der Waals surface area contributed by atoms with Crippen molar-refractivity contribution in [3.63, 3.8) is 0 Å². The maximum Gasteiger partial charge on any atom is 0.166 e. The summed E-state index contributed by atoms with van der Waals surface area (Å²) in [4.78, 5) is 14.5. The van der Waals surface area contributed by atoms with Crippen LogP contribution in [-0.2, 0) is 16.2 Å². The Labute approximate surface area is 339 Å². The van der Waals surface area contributed by atoms with Crippen LogP contribution in [0.2, 0.25) is 0 Å². The van der Waals surface area contributed by atoms with Crippen LogP contribution in [-0.4, -0.2) is 10.2 Å². The first kappa shape index (κ1) is 31.7. The van der Waals surface area contributed by atoms with Crippen molar-refractivity contribution in [1.29, 1.82) is 0 Å². The molecular formula is C56H47NO. The topological polar surface area (TPSA) is 21.5 Å². The Hall–Kier alpha value is -5.21. The van der Waals surface area contributed by atoms with Gasteiger partial charge in [0.25, 0.3) is 0 Å². The zero-order valence-corrected chi connectivity index (χ0v) is 33.2. The third kappa shape index (κ3) is 3.42. The summed E-state index contributed by atoms with van der Waals surface area (Å²) in [5, 5.41) is 5.76. The van der Waals surface area contributed by atoms with Gasteiger partial charge in [-0.25, -0.2) is 0 Å². The van der Waals surface area contributed by atoms with Crippen LogP contribution in [0.15, 0.2) is 103 Å². The van der Waals surface area contributed by atoms with Gasteiger partial charge in [0, 0.05) is 33.0 Å². The number of ketones is 1. The van der Waals surface area contributed by atoms with Crippen LogP contribution in [0.3, 0.4) is 0 Å². The number of fused-ring (bicyclic) bond motifs is 23. The second kappa shape index (κ2) is 10.5. The van der Waals surface area contributed by atoms with E-state index in [1.165, 1.54) is 147 Å². The van der Waals surface area contributed by atoms with E-state index in [1.54, 1.807) is 16.5 Å². The van der Waals surface area contributed by atoms with Crippen LogP contribution in [0.4, 0.5) is 0 Å². The Balaban J connectivity index is 1.19. The van der Waals surface area contributed by atoms with E-state index >= 15 is 0 Å². The number of Topliss-reactive ketones (excluding diaryl/α,β-unsaturated/α-hetero) is 1. The van der Waals surface area contributed by atoms with Crippen LogP contribution in [0, 0.1) is 5.92 Å². The minimum absolute atomic E-state index is 0.177. The second-order valence-electron chi connectivity index (χ2n) is 20.0. The molecule has 6 aromatic carbocycles. The number of rotatable bonds is 0. The number of carbonyl (C=O) groups excluding carboxylic acids is 1. The summed E-state index contributed by atoms with van der Waals surface area (Å²) in [5.41, 5.74) is 21.2. The van der Waals surface area contributed by atoms with Crippen molar-refractivity contribution in [3.8, 4) is 22.3 Å². The lowest BCUT2D eigenvalue weighted by Crippen LogP contribution is -2.38. The van der Waals surface area contributed by atoms with Gasteiger partial charge in [-0.15, -0.1) is 0 Å². The van der Waals surface area contributed by atoms with E-state index in [1.807, 2.05) is 0 Å². The fraction of sp³-hybridized carbons (Fsp3) is 0.339. The van der Waals surface area contributed by atoms with Crippen molar-refractivity contribution in [2.24, 2.45) is 5.92 Å². The molecule has 0 amide bonds. The van der Waals surface area contributed by atoms with Gasteiger partial charge in [-0.05, 0) is 166 Å². The van der Waals surface area contributed by atoms with Crippen molar-refractivity contribution in [3.05, 3.63) is 148 Å². The first-order chi connectivity index (χ1) is 28.6. The van der Waals surface area contributed by atoms with Crippen LogP contribution in [0.25, 0.3) is 60.3 Å². The van der Waals surface area contributed by atoms with Crippen molar-refractivity contribution in [1.82, 2.24) is 4.40 Å². The number of carbonyl (C=O) groups is 1. The largest absolute Gasteiger partial charge is 0.308 e. The molecule has 2 nitrogen and oxygen atoms in total. The summed E-state index contributed by atoms with van der Waals surface area (Å²) in [6, 6.07) is 40.9. The minimum atomic E-state index is -0.409. The molecule has 2 heteroatoms. The van der Waals surface area contributed by atoms with E-state index in [0.717, 1.165) is 31.2 Å². The van der Waals surface area contributed by atoms with Gasteiger partial charge in [-0.3, -0.25) is 4.79 Å². The lowest BCUT2D eigenvalue weighted by Gasteiger charge is -2.46. The Morgan fingerprint density at radius 2 is 1.09 bits per heavy atom. The second-order valence-corrected chi connectivity index (χ2v) is 20.0. The lowest BCUT2D eigenvalue weighted by molar-refractivity contribution is 0.0898. The highest BCUT2D eigenvalue weighted by Gasteiger charge is 2.54. The maximum atomic E-state index is 14.5. The van der Waals surface area contributed by atoms with Gasteiger partial charge >= 0.3 is 0 Å². The molecule has 2 heterocycles. The normalized spacial score (nSPS) is 23.7. The van der Waals surface area contributed by atoms with Crippen molar-refractivity contribution in [2.75, 3.05) is 0 Å². The molecule has 3 fully saturated rings. The van der Waals surface area contributed by atoms with Crippen LogP contribution in [0.5, 0.6) is 0 Å². The maximum absolute atomic E-state index is 14.5. The molecular weight excluding hydrogens is 703 g/mol. The van der Waals surface area contributed by atoms with Crippen LogP contribution >= 0.6 is 0 Å². The van der Waals surface area contributed by atoms with E-state index in [9.17, 15) is 4.79 Å². The van der Waals surface area contributed by atoms with E-state index in [4.69, 9.17) is 0 Å². The number of nitrogens with zero attached hydrogens (tertiary/aromatic N) is 1. The zero-order valence-electron chi connectivity index (χ0n) is 33.2. The SMILES string of the molecule is O=C1c2cc3c(cc2C2CCC1CC2)c1c2c(cc4c5c6c(ccc5n3c41)C1(CCCC1)CCC61CCCC1)C1(c3ccccc3-c3ccccc31)c1ccccc1-2. The van der Waals surface area contributed by atoms with E-state index in [0.29, 0.717) is 17.1 Å². The summed E-state index contributed by atoms with van der Waals surface area (Å²) >= 11 is 0. The van der Waals surface area contributed by atoms with Gasteiger partial charge in [-0.1, -0.05) is 105 Å². The minimum Gasteiger partial charge on any atom is -0.308 e. The standard InChI is InChI=1S/C56H47NO/c58-53-33-19-17-32(18-20-33)37-29-39-47(31-38(37)53)57-46-22-21-44-51(55(25-9-10-26-55)28-27-54(44)23-7-8-24-54)49(46)40-30-45-48(50(39)52(40)57)36-13-3-6-16-43(36)56(45)41-14-4-1-11-34(41)35-12-2-5-15-42(35)56/h1-6,11-16,21-22,29-33H,7-10,17-20,23-28H2.